The molecule has 5 unspecified atom stereocenters. The Hall–Kier alpha value is -1.81. The Balaban J connectivity index is 1.67. The van der Waals surface area contributed by atoms with Crippen molar-refractivity contribution in [2.24, 2.45) is 11.8 Å². The lowest BCUT2D eigenvalue weighted by atomic mass is 9.65. The molecule has 3 aliphatic heterocycles. The molecule has 1 aromatic heterocycles. The van der Waals surface area contributed by atoms with Crippen LogP contribution < -0.4 is 0 Å². The molecule has 2 saturated heterocycles. The maximum Gasteiger partial charge on any atom is 0.335 e. The predicted octanol–water partition coefficient (Wildman–Crippen LogP) is 3.63. The van der Waals surface area contributed by atoms with E-state index in [1.807, 2.05) is 12.1 Å². The summed E-state index contributed by atoms with van der Waals surface area (Å²) >= 11 is 0. The van der Waals surface area contributed by atoms with Gasteiger partial charge in [-0.1, -0.05) is 13.3 Å². The molecule has 1 aromatic carbocycles. The fraction of sp³-hybridized carbons (Fsp3) is 0.550. The fourth-order valence-electron chi connectivity index (χ4n) is 5.83. The first kappa shape index (κ1) is 14.5. The molecule has 126 valence electrons. The molecule has 0 radical (unpaired) electrons. The van der Waals surface area contributed by atoms with Gasteiger partial charge in [0.25, 0.3) is 0 Å². The number of hydrogen-bond donors (Lipinski definition) is 2. The number of aromatic amines is 1. The number of rotatable bonds is 2. The van der Waals surface area contributed by atoms with E-state index in [1.165, 1.54) is 37.1 Å². The number of hydrogen-bond acceptors (Lipinski definition) is 2. The molecule has 5 atom stereocenters. The minimum absolute atomic E-state index is 0.393. The van der Waals surface area contributed by atoms with Crippen LogP contribution in [0.2, 0.25) is 0 Å². The first-order valence-electron chi connectivity index (χ1n) is 9.27. The van der Waals surface area contributed by atoms with Crippen LogP contribution in [0.3, 0.4) is 0 Å². The zero-order valence-corrected chi connectivity index (χ0v) is 14.1. The van der Waals surface area contributed by atoms with Gasteiger partial charge in [0, 0.05) is 41.6 Å². The summed E-state index contributed by atoms with van der Waals surface area (Å²) < 4.78 is 0. The molecular formula is C20H24N2O2. The lowest BCUT2D eigenvalue weighted by molar-refractivity contribution is -0.0134. The van der Waals surface area contributed by atoms with Gasteiger partial charge >= 0.3 is 5.97 Å². The third kappa shape index (κ3) is 1.92. The summed E-state index contributed by atoms with van der Waals surface area (Å²) in [6.07, 6.45) is 5.00. The summed E-state index contributed by atoms with van der Waals surface area (Å²) in [5, 5.41) is 10.5. The molecule has 0 spiro atoms. The van der Waals surface area contributed by atoms with Crippen LogP contribution in [-0.4, -0.2) is 40.1 Å². The van der Waals surface area contributed by atoms with E-state index in [4.69, 9.17) is 0 Å². The molecule has 2 aromatic rings. The topological polar surface area (TPSA) is 56.3 Å². The number of fused-ring (bicyclic) bond motifs is 4. The smallest absolute Gasteiger partial charge is 0.335 e. The Morgan fingerprint density at radius 3 is 3.04 bits per heavy atom. The first-order valence-corrected chi connectivity index (χ1v) is 9.27. The molecule has 4 nitrogen and oxygen atoms in total. The summed E-state index contributed by atoms with van der Waals surface area (Å²) in [4.78, 5) is 17.8. The van der Waals surface area contributed by atoms with Crippen LogP contribution in [0.25, 0.3) is 10.9 Å². The first-order chi connectivity index (χ1) is 11.7. The van der Waals surface area contributed by atoms with Crippen molar-refractivity contribution in [1.82, 2.24) is 9.88 Å². The lowest BCUT2D eigenvalue weighted by Gasteiger charge is -2.53. The van der Waals surface area contributed by atoms with Crippen molar-refractivity contribution < 1.29 is 9.90 Å². The van der Waals surface area contributed by atoms with Gasteiger partial charge < -0.3 is 10.1 Å². The Kier molecular flexibility index (Phi) is 3.08. The van der Waals surface area contributed by atoms with Crippen molar-refractivity contribution in [3.63, 3.8) is 0 Å². The van der Waals surface area contributed by atoms with Gasteiger partial charge in [-0.25, -0.2) is 4.79 Å². The SMILES string of the molecule is CCC1CC2CC3c4[nH]c5ccc(C(=O)O)cc5c4CCN(C2)C13. The highest BCUT2D eigenvalue weighted by atomic mass is 16.4. The normalized spacial score (nSPS) is 34.1. The molecule has 4 bridgehead atoms. The second kappa shape index (κ2) is 5.09. The highest BCUT2D eigenvalue weighted by Gasteiger charge is 2.48. The van der Waals surface area contributed by atoms with E-state index in [1.54, 1.807) is 6.07 Å². The number of H-pyrrole nitrogens is 1. The Bertz CT molecular complexity index is 824. The molecule has 1 saturated carbocycles. The highest BCUT2D eigenvalue weighted by Crippen LogP contribution is 2.51. The van der Waals surface area contributed by atoms with Crippen molar-refractivity contribution in [3.05, 3.63) is 35.0 Å². The molecule has 3 fully saturated rings. The van der Waals surface area contributed by atoms with Gasteiger partial charge in [0.1, 0.15) is 0 Å². The monoisotopic (exact) mass is 324 g/mol. The van der Waals surface area contributed by atoms with Crippen molar-refractivity contribution in [2.45, 2.75) is 44.6 Å². The number of nitrogens with one attached hydrogen (secondary N) is 1. The minimum atomic E-state index is -0.840. The van der Waals surface area contributed by atoms with Crippen LogP contribution in [0.5, 0.6) is 0 Å². The third-order valence-electron chi connectivity index (χ3n) is 6.76. The summed E-state index contributed by atoms with van der Waals surface area (Å²) in [5.41, 5.74) is 4.28. The third-order valence-corrected chi connectivity index (χ3v) is 6.76. The number of aromatic carboxylic acids is 1. The molecule has 4 aliphatic rings. The van der Waals surface area contributed by atoms with E-state index in [0.717, 1.165) is 35.7 Å². The number of carboxylic acids is 1. The maximum atomic E-state index is 11.4. The predicted molar refractivity (Wildman–Crippen MR) is 93.6 cm³/mol. The molecule has 2 N–H and O–H groups in total. The summed E-state index contributed by atoms with van der Waals surface area (Å²) in [6.45, 7) is 4.72. The van der Waals surface area contributed by atoms with Crippen LogP contribution in [0.4, 0.5) is 0 Å². The van der Waals surface area contributed by atoms with E-state index < -0.39 is 5.97 Å². The largest absolute Gasteiger partial charge is 0.478 e. The van der Waals surface area contributed by atoms with Gasteiger partial charge in [-0.2, -0.15) is 0 Å². The second-order valence-corrected chi connectivity index (χ2v) is 7.93. The quantitative estimate of drug-likeness (QED) is 0.887. The highest BCUT2D eigenvalue weighted by molar-refractivity contribution is 5.95. The molecule has 6 rings (SSSR count). The van der Waals surface area contributed by atoms with E-state index in [-0.39, 0.29) is 0 Å². The second-order valence-electron chi connectivity index (χ2n) is 7.93. The zero-order chi connectivity index (χ0) is 16.4. The standard InChI is InChI=1S/C20H24N2O2/c1-2-12-7-11-8-16-18-14(5-6-22(10-11)19(12)16)15-9-13(20(23)24)3-4-17(15)21-18/h3-4,9,11-12,16,19,21H,2,5-8,10H2,1H3,(H,23,24). The Labute approximate surface area is 141 Å². The molecule has 4 heteroatoms. The Morgan fingerprint density at radius 2 is 2.25 bits per heavy atom. The van der Waals surface area contributed by atoms with Gasteiger partial charge in [-0.3, -0.25) is 4.90 Å². The minimum Gasteiger partial charge on any atom is -0.478 e. The van der Waals surface area contributed by atoms with Crippen LogP contribution >= 0.6 is 0 Å². The van der Waals surface area contributed by atoms with Gasteiger partial charge in [0.2, 0.25) is 0 Å². The van der Waals surface area contributed by atoms with Crippen molar-refractivity contribution in [2.75, 3.05) is 13.1 Å². The maximum absolute atomic E-state index is 11.4. The van der Waals surface area contributed by atoms with E-state index >= 15 is 0 Å². The van der Waals surface area contributed by atoms with Crippen LogP contribution in [0, 0.1) is 11.8 Å². The molecular weight excluding hydrogens is 300 g/mol. The average Bonchev–Trinajstić information content (AvgIpc) is 2.92. The molecule has 24 heavy (non-hydrogen) atoms. The van der Waals surface area contributed by atoms with E-state index in [9.17, 15) is 9.90 Å². The summed E-state index contributed by atoms with van der Waals surface area (Å²) in [6, 6.07) is 6.21. The van der Waals surface area contributed by atoms with Crippen molar-refractivity contribution in [1.29, 1.82) is 0 Å². The van der Waals surface area contributed by atoms with Gasteiger partial charge in [-0.15, -0.1) is 0 Å². The number of aromatic nitrogens is 1. The van der Waals surface area contributed by atoms with Gasteiger partial charge in [0.05, 0.1) is 5.56 Å². The number of benzene rings is 1. The van der Waals surface area contributed by atoms with Crippen molar-refractivity contribution in [3.8, 4) is 0 Å². The van der Waals surface area contributed by atoms with Crippen LogP contribution in [0.1, 0.15) is 53.7 Å². The molecule has 0 amide bonds. The number of carbonyl (C=O) groups is 1. The average molecular weight is 324 g/mol. The van der Waals surface area contributed by atoms with Crippen LogP contribution in [-0.2, 0) is 6.42 Å². The van der Waals surface area contributed by atoms with E-state index in [0.29, 0.717) is 17.5 Å². The fourth-order valence-corrected chi connectivity index (χ4v) is 5.83. The molecule has 4 heterocycles. The van der Waals surface area contributed by atoms with Crippen LogP contribution in [0.15, 0.2) is 18.2 Å². The summed E-state index contributed by atoms with van der Waals surface area (Å²) in [7, 11) is 0. The van der Waals surface area contributed by atoms with Crippen molar-refractivity contribution >= 4 is 16.9 Å². The molecule has 1 aliphatic carbocycles. The zero-order valence-electron chi connectivity index (χ0n) is 14.1. The number of piperidine rings is 2. The Morgan fingerprint density at radius 1 is 1.38 bits per heavy atom. The number of carboxylic acid groups (broad SMARTS) is 1. The lowest BCUT2D eigenvalue weighted by Crippen LogP contribution is -2.56. The van der Waals surface area contributed by atoms with Gasteiger partial charge in [-0.05, 0) is 54.9 Å². The van der Waals surface area contributed by atoms with Gasteiger partial charge in [0.15, 0.2) is 0 Å². The van der Waals surface area contributed by atoms with E-state index in [2.05, 4.69) is 16.8 Å². The summed E-state index contributed by atoms with van der Waals surface area (Å²) in [5.74, 6) is 1.40. The number of nitrogens with zero attached hydrogens (tertiary/aromatic N) is 1.